The summed E-state index contributed by atoms with van der Waals surface area (Å²) in [6, 6.07) is 5.59. The van der Waals surface area contributed by atoms with Gasteiger partial charge in [0, 0.05) is 45.7 Å². The highest BCUT2D eigenvalue weighted by Crippen LogP contribution is 2.29. The number of methoxy groups -OCH3 is 2. The van der Waals surface area contributed by atoms with Gasteiger partial charge in [0.15, 0.2) is 11.5 Å². The molecule has 28 heavy (non-hydrogen) atoms. The van der Waals surface area contributed by atoms with E-state index in [1.54, 1.807) is 19.1 Å². The Morgan fingerprint density at radius 1 is 1.21 bits per heavy atom. The lowest BCUT2D eigenvalue weighted by atomic mass is 10.1. The van der Waals surface area contributed by atoms with Gasteiger partial charge >= 0.3 is 0 Å². The van der Waals surface area contributed by atoms with Crippen LogP contribution in [-0.2, 0) is 20.9 Å². The molecule has 2 fully saturated rings. The van der Waals surface area contributed by atoms with Crippen LogP contribution in [0.5, 0.6) is 11.5 Å². The number of carbonyl (C=O) groups excluding carboxylic acids is 2. The lowest BCUT2D eigenvalue weighted by Crippen LogP contribution is -2.42. The third kappa shape index (κ3) is 5.14. The van der Waals surface area contributed by atoms with Crippen LogP contribution in [0.25, 0.3) is 0 Å². The van der Waals surface area contributed by atoms with Crippen molar-refractivity contribution < 1.29 is 23.8 Å². The highest BCUT2D eigenvalue weighted by atomic mass is 16.5. The second-order valence-corrected chi connectivity index (χ2v) is 7.11. The van der Waals surface area contributed by atoms with Gasteiger partial charge in [-0.2, -0.15) is 0 Å². The van der Waals surface area contributed by atoms with Crippen LogP contribution in [-0.4, -0.2) is 81.8 Å². The molecule has 2 aliphatic heterocycles. The quantitative estimate of drug-likeness (QED) is 0.695. The number of nitrogens with one attached hydrogen (secondary N) is 1. The molecule has 1 N–H and O–H groups in total. The normalized spacial score (nSPS) is 20.3. The molecule has 2 amide bonds. The van der Waals surface area contributed by atoms with Gasteiger partial charge in [-0.25, -0.2) is 0 Å². The second kappa shape index (κ2) is 9.75. The van der Waals surface area contributed by atoms with Crippen LogP contribution in [0.2, 0.25) is 0 Å². The molecular formula is C20H29N3O5. The van der Waals surface area contributed by atoms with Crippen molar-refractivity contribution in [2.24, 2.45) is 5.92 Å². The maximum Gasteiger partial charge on any atom is 0.225 e. The molecule has 0 aliphatic carbocycles. The number of rotatable bonds is 8. The number of hydrogen-bond acceptors (Lipinski definition) is 6. The number of hydrogen-bond donors (Lipinski definition) is 1. The largest absolute Gasteiger partial charge is 0.493 e. The topological polar surface area (TPSA) is 80.3 Å². The summed E-state index contributed by atoms with van der Waals surface area (Å²) < 4.78 is 15.9. The molecule has 3 rings (SSSR count). The molecule has 8 heteroatoms. The molecule has 1 aromatic carbocycles. The Hall–Kier alpha value is -2.32. The predicted octanol–water partition coefficient (Wildman–Crippen LogP) is 0.501. The number of likely N-dealkylation sites (tertiary alicyclic amines) is 1. The number of morpholine rings is 1. The average Bonchev–Trinajstić information content (AvgIpc) is 3.09. The number of carbonyl (C=O) groups is 2. The van der Waals surface area contributed by atoms with Crippen molar-refractivity contribution >= 4 is 11.8 Å². The summed E-state index contributed by atoms with van der Waals surface area (Å²) in [7, 11) is 3.17. The van der Waals surface area contributed by atoms with Crippen LogP contribution in [0.15, 0.2) is 18.2 Å². The molecule has 2 saturated heterocycles. The molecule has 8 nitrogen and oxygen atoms in total. The van der Waals surface area contributed by atoms with Gasteiger partial charge < -0.3 is 24.4 Å². The van der Waals surface area contributed by atoms with Crippen LogP contribution in [0.3, 0.4) is 0 Å². The summed E-state index contributed by atoms with van der Waals surface area (Å²) in [5, 5.41) is 2.97. The van der Waals surface area contributed by atoms with Gasteiger partial charge in [0.25, 0.3) is 0 Å². The minimum absolute atomic E-state index is 0.00288. The van der Waals surface area contributed by atoms with Gasteiger partial charge in [0.05, 0.1) is 33.4 Å². The monoisotopic (exact) mass is 391 g/mol. The Bertz CT molecular complexity index is 690. The number of nitrogens with zero attached hydrogens (tertiary/aromatic N) is 2. The predicted molar refractivity (Wildman–Crippen MR) is 103 cm³/mol. The summed E-state index contributed by atoms with van der Waals surface area (Å²) in [6.45, 7) is 5.60. The third-order valence-corrected chi connectivity index (χ3v) is 5.24. The molecular weight excluding hydrogens is 362 g/mol. The Balaban J connectivity index is 1.48. The fraction of sp³-hybridized carbons (Fsp3) is 0.600. The fourth-order valence-electron chi connectivity index (χ4n) is 3.61. The summed E-state index contributed by atoms with van der Waals surface area (Å²) in [5.41, 5.74) is 0.944. The van der Waals surface area contributed by atoms with Crippen molar-refractivity contribution in [2.45, 2.75) is 13.0 Å². The van der Waals surface area contributed by atoms with Gasteiger partial charge in [-0.1, -0.05) is 6.07 Å². The summed E-state index contributed by atoms with van der Waals surface area (Å²) in [4.78, 5) is 28.8. The van der Waals surface area contributed by atoms with Crippen molar-refractivity contribution in [3.8, 4) is 11.5 Å². The van der Waals surface area contributed by atoms with E-state index >= 15 is 0 Å². The average molecular weight is 391 g/mol. The highest BCUT2D eigenvalue weighted by molar-refractivity contribution is 5.89. The van der Waals surface area contributed by atoms with E-state index in [1.165, 1.54) is 0 Å². The van der Waals surface area contributed by atoms with Crippen molar-refractivity contribution in [1.29, 1.82) is 0 Å². The molecule has 0 bridgehead atoms. The molecule has 0 spiro atoms. The molecule has 1 atom stereocenters. The second-order valence-electron chi connectivity index (χ2n) is 7.11. The maximum absolute atomic E-state index is 12.4. The molecule has 1 aromatic rings. The van der Waals surface area contributed by atoms with Crippen LogP contribution < -0.4 is 14.8 Å². The van der Waals surface area contributed by atoms with Crippen LogP contribution in [0, 0.1) is 5.92 Å². The fourth-order valence-corrected chi connectivity index (χ4v) is 3.61. The van der Waals surface area contributed by atoms with Gasteiger partial charge in [-0.05, 0) is 17.7 Å². The van der Waals surface area contributed by atoms with Crippen molar-refractivity contribution in [2.75, 3.05) is 60.2 Å². The van der Waals surface area contributed by atoms with Gasteiger partial charge in [0.2, 0.25) is 11.8 Å². The van der Waals surface area contributed by atoms with Crippen LogP contribution in [0.4, 0.5) is 0 Å². The standard InChI is InChI=1S/C20H29N3O5/c1-26-17-4-3-15(11-18(17)27-2)13-23-14-16(12-19(23)24)20(25)21-5-6-22-7-9-28-10-8-22/h3-4,11,16H,5-10,12-14H2,1-2H3,(H,21,25). The van der Waals surface area contributed by atoms with Crippen molar-refractivity contribution in [1.82, 2.24) is 15.1 Å². The molecule has 0 saturated carbocycles. The first kappa shape index (κ1) is 20.4. The van der Waals surface area contributed by atoms with Crippen molar-refractivity contribution in [3.05, 3.63) is 23.8 Å². The van der Waals surface area contributed by atoms with E-state index in [9.17, 15) is 9.59 Å². The third-order valence-electron chi connectivity index (χ3n) is 5.24. The number of benzene rings is 1. The Labute approximate surface area is 165 Å². The van der Waals surface area contributed by atoms with E-state index < -0.39 is 0 Å². The lowest BCUT2D eigenvalue weighted by Gasteiger charge is -2.26. The Kier molecular flexibility index (Phi) is 7.11. The SMILES string of the molecule is COc1ccc(CN2CC(C(=O)NCCN3CCOCC3)CC2=O)cc1OC. The summed E-state index contributed by atoms with van der Waals surface area (Å²) in [5.74, 6) is 0.942. The van der Waals surface area contributed by atoms with E-state index in [2.05, 4.69) is 10.2 Å². The maximum atomic E-state index is 12.4. The van der Waals surface area contributed by atoms with Crippen LogP contribution in [0.1, 0.15) is 12.0 Å². The molecule has 0 radical (unpaired) electrons. The van der Waals surface area contributed by atoms with E-state index in [0.29, 0.717) is 31.1 Å². The number of amides is 2. The first-order valence-electron chi connectivity index (χ1n) is 9.67. The first-order valence-corrected chi connectivity index (χ1v) is 9.67. The molecule has 0 aromatic heterocycles. The molecule has 2 aliphatic rings. The van der Waals surface area contributed by atoms with Gasteiger partial charge in [-0.3, -0.25) is 14.5 Å². The van der Waals surface area contributed by atoms with E-state index in [1.807, 2.05) is 18.2 Å². The lowest BCUT2D eigenvalue weighted by molar-refractivity contribution is -0.129. The van der Waals surface area contributed by atoms with E-state index in [4.69, 9.17) is 14.2 Å². The Morgan fingerprint density at radius 2 is 1.96 bits per heavy atom. The molecule has 1 unspecified atom stereocenters. The minimum Gasteiger partial charge on any atom is -0.493 e. The summed E-state index contributed by atoms with van der Waals surface area (Å²) >= 11 is 0. The van der Waals surface area contributed by atoms with E-state index in [-0.39, 0.29) is 24.2 Å². The summed E-state index contributed by atoms with van der Waals surface area (Å²) in [6.07, 6.45) is 0.261. The zero-order valence-corrected chi connectivity index (χ0v) is 16.6. The first-order chi connectivity index (χ1) is 13.6. The smallest absolute Gasteiger partial charge is 0.225 e. The zero-order chi connectivity index (χ0) is 19.9. The van der Waals surface area contributed by atoms with Gasteiger partial charge in [0.1, 0.15) is 0 Å². The van der Waals surface area contributed by atoms with Crippen LogP contribution >= 0.6 is 0 Å². The molecule has 154 valence electrons. The van der Waals surface area contributed by atoms with Crippen molar-refractivity contribution in [3.63, 3.8) is 0 Å². The molecule has 2 heterocycles. The van der Waals surface area contributed by atoms with Gasteiger partial charge in [-0.15, -0.1) is 0 Å². The van der Waals surface area contributed by atoms with E-state index in [0.717, 1.165) is 38.4 Å². The number of ether oxygens (including phenoxy) is 3. The Morgan fingerprint density at radius 3 is 2.68 bits per heavy atom. The zero-order valence-electron chi connectivity index (χ0n) is 16.6. The minimum atomic E-state index is -0.294. The highest BCUT2D eigenvalue weighted by Gasteiger charge is 2.34.